The van der Waals surface area contributed by atoms with Gasteiger partial charge in [-0.15, -0.1) is 11.3 Å². The molecule has 6 nitrogen and oxygen atoms in total. The third kappa shape index (κ3) is 5.98. The van der Waals surface area contributed by atoms with Crippen LogP contribution in [0.1, 0.15) is 29.8 Å². The molecule has 0 bridgehead atoms. The molecule has 1 heterocycles. The van der Waals surface area contributed by atoms with Gasteiger partial charge in [-0.2, -0.15) is 0 Å². The van der Waals surface area contributed by atoms with Crippen molar-refractivity contribution >= 4 is 28.3 Å². The van der Waals surface area contributed by atoms with Gasteiger partial charge in [0.15, 0.2) is 5.13 Å². The van der Waals surface area contributed by atoms with Crippen LogP contribution in [0.2, 0.25) is 0 Å². The smallest absolute Gasteiger partial charge is 0.338 e. The number of carbonyl (C=O) groups is 2. The minimum Gasteiger partial charge on any atom is -0.462 e. The second-order valence-corrected chi connectivity index (χ2v) is 7.53. The number of likely N-dealkylation sites (N-methyl/N-ethyl adjacent to an activating group) is 1. The van der Waals surface area contributed by atoms with Crippen molar-refractivity contribution in [1.29, 1.82) is 0 Å². The summed E-state index contributed by atoms with van der Waals surface area (Å²) in [6.45, 7) is 5.96. The molecule has 0 spiro atoms. The van der Waals surface area contributed by atoms with Crippen LogP contribution >= 0.6 is 11.3 Å². The number of hydrogen-bond acceptors (Lipinski definition) is 6. The van der Waals surface area contributed by atoms with Gasteiger partial charge < -0.3 is 10.1 Å². The molecule has 0 saturated heterocycles. The van der Waals surface area contributed by atoms with E-state index in [9.17, 15) is 9.59 Å². The zero-order valence-corrected chi connectivity index (χ0v) is 17.9. The monoisotopic (exact) mass is 423 g/mol. The maximum absolute atomic E-state index is 12.5. The molecule has 0 aliphatic heterocycles. The van der Waals surface area contributed by atoms with E-state index in [2.05, 4.69) is 27.3 Å². The lowest BCUT2D eigenvalue weighted by Gasteiger charge is -2.19. The van der Waals surface area contributed by atoms with Gasteiger partial charge in [-0.1, -0.05) is 49.4 Å². The molecular formula is C23H25N3O3S. The maximum atomic E-state index is 12.5. The number of benzene rings is 2. The zero-order valence-electron chi connectivity index (χ0n) is 17.1. The van der Waals surface area contributed by atoms with Gasteiger partial charge in [0.2, 0.25) is 5.91 Å². The number of ether oxygens (including phenoxy) is 1. The molecule has 2 aromatic carbocycles. The van der Waals surface area contributed by atoms with E-state index in [0.29, 0.717) is 23.8 Å². The molecule has 7 heteroatoms. The van der Waals surface area contributed by atoms with Gasteiger partial charge in [0, 0.05) is 17.5 Å². The Morgan fingerprint density at radius 1 is 1.07 bits per heavy atom. The molecule has 0 saturated carbocycles. The summed E-state index contributed by atoms with van der Waals surface area (Å²) < 4.78 is 5.00. The largest absolute Gasteiger partial charge is 0.462 e. The standard InChI is InChI=1S/C23H25N3O3S/c1-3-26(14-17-8-6-5-7-9-17)15-21(27)25-23-24-20(16-30-23)18-10-12-19(13-11-18)22(28)29-4-2/h5-13,16H,3-4,14-15H2,1-2H3,(H,24,25,27). The zero-order chi connectivity index (χ0) is 21.3. The van der Waals surface area contributed by atoms with Crippen molar-refractivity contribution in [2.45, 2.75) is 20.4 Å². The Bertz CT molecular complexity index is 971. The molecule has 3 rings (SSSR count). The lowest BCUT2D eigenvalue weighted by molar-refractivity contribution is -0.117. The van der Waals surface area contributed by atoms with Gasteiger partial charge in [0.1, 0.15) is 0 Å². The third-order valence-corrected chi connectivity index (χ3v) is 5.26. The highest BCUT2D eigenvalue weighted by Crippen LogP contribution is 2.25. The minimum atomic E-state index is -0.341. The summed E-state index contributed by atoms with van der Waals surface area (Å²) in [7, 11) is 0. The van der Waals surface area contributed by atoms with Crippen molar-refractivity contribution in [3.63, 3.8) is 0 Å². The van der Waals surface area contributed by atoms with E-state index < -0.39 is 0 Å². The highest BCUT2D eigenvalue weighted by atomic mass is 32.1. The Kier molecular flexibility index (Phi) is 7.70. The average molecular weight is 424 g/mol. The van der Waals surface area contributed by atoms with E-state index in [1.807, 2.05) is 42.6 Å². The highest BCUT2D eigenvalue weighted by Gasteiger charge is 2.13. The van der Waals surface area contributed by atoms with E-state index in [1.54, 1.807) is 19.1 Å². The van der Waals surface area contributed by atoms with E-state index in [-0.39, 0.29) is 11.9 Å². The summed E-state index contributed by atoms with van der Waals surface area (Å²) in [5.41, 5.74) is 3.30. The second-order valence-electron chi connectivity index (χ2n) is 6.67. The van der Waals surface area contributed by atoms with Crippen LogP contribution in [-0.2, 0) is 16.1 Å². The molecule has 0 atom stereocenters. The molecular weight excluding hydrogens is 398 g/mol. The van der Waals surface area contributed by atoms with Crippen molar-refractivity contribution in [2.75, 3.05) is 25.0 Å². The molecule has 1 amide bonds. The van der Waals surface area contributed by atoms with Gasteiger partial charge >= 0.3 is 5.97 Å². The molecule has 0 unspecified atom stereocenters. The molecule has 0 aliphatic carbocycles. The predicted molar refractivity (Wildman–Crippen MR) is 120 cm³/mol. The van der Waals surface area contributed by atoms with Crippen LogP contribution in [0, 0.1) is 0 Å². The highest BCUT2D eigenvalue weighted by molar-refractivity contribution is 7.14. The number of nitrogens with one attached hydrogen (secondary N) is 1. The van der Waals surface area contributed by atoms with Gasteiger partial charge in [0.05, 0.1) is 24.4 Å². The number of carbonyl (C=O) groups excluding carboxylic acids is 2. The van der Waals surface area contributed by atoms with E-state index in [1.165, 1.54) is 16.9 Å². The molecule has 1 aromatic heterocycles. The van der Waals surface area contributed by atoms with E-state index >= 15 is 0 Å². The predicted octanol–water partition coefficient (Wildman–Crippen LogP) is 4.45. The first-order chi connectivity index (χ1) is 14.6. The van der Waals surface area contributed by atoms with Crippen LogP contribution in [0.25, 0.3) is 11.3 Å². The fraction of sp³-hybridized carbons (Fsp3) is 0.261. The number of rotatable bonds is 9. The number of esters is 1. The quantitative estimate of drug-likeness (QED) is 0.515. The van der Waals surface area contributed by atoms with Crippen LogP contribution in [0.5, 0.6) is 0 Å². The number of aromatic nitrogens is 1. The Balaban J connectivity index is 1.58. The minimum absolute atomic E-state index is 0.0914. The number of hydrogen-bond donors (Lipinski definition) is 1. The van der Waals surface area contributed by atoms with Crippen LogP contribution in [0.15, 0.2) is 60.0 Å². The van der Waals surface area contributed by atoms with Crippen LogP contribution in [0.3, 0.4) is 0 Å². The van der Waals surface area contributed by atoms with Crippen molar-refractivity contribution in [1.82, 2.24) is 9.88 Å². The van der Waals surface area contributed by atoms with Crippen molar-refractivity contribution in [3.05, 3.63) is 71.1 Å². The SMILES string of the molecule is CCOC(=O)c1ccc(-c2csc(NC(=O)CN(CC)Cc3ccccc3)n2)cc1. The normalized spacial score (nSPS) is 10.8. The number of nitrogens with zero attached hydrogens (tertiary/aromatic N) is 2. The molecule has 0 aliphatic rings. The summed E-state index contributed by atoms with van der Waals surface area (Å²) >= 11 is 1.38. The fourth-order valence-electron chi connectivity index (χ4n) is 2.94. The molecule has 3 aromatic rings. The summed E-state index contributed by atoms with van der Waals surface area (Å²) in [6, 6.07) is 17.2. The van der Waals surface area contributed by atoms with Gasteiger partial charge in [0.25, 0.3) is 0 Å². The summed E-state index contributed by atoms with van der Waals surface area (Å²) in [5, 5.41) is 5.32. The Morgan fingerprint density at radius 3 is 2.47 bits per heavy atom. The van der Waals surface area contributed by atoms with Gasteiger partial charge in [-0.3, -0.25) is 9.69 Å². The first-order valence-corrected chi connectivity index (χ1v) is 10.8. The number of anilines is 1. The molecule has 0 radical (unpaired) electrons. The Hall–Kier alpha value is -3.03. The van der Waals surface area contributed by atoms with Crippen molar-refractivity contribution < 1.29 is 14.3 Å². The lowest BCUT2D eigenvalue weighted by atomic mass is 10.1. The lowest BCUT2D eigenvalue weighted by Crippen LogP contribution is -2.32. The first-order valence-electron chi connectivity index (χ1n) is 9.88. The number of amides is 1. The molecule has 0 fully saturated rings. The van der Waals surface area contributed by atoms with Crippen LogP contribution in [0.4, 0.5) is 5.13 Å². The topological polar surface area (TPSA) is 71.5 Å². The van der Waals surface area contributed by atoms with Crippen LogP contribution < -0.4 is 5.32 Å². The Morgan fingerprint density at radius 2 is 1.80 bits per heavy atom. The summed E-state index contributed by atoms with van der Waals surface area (Å²) in [5.74, 6) is -0.433. The van der Waals surface area contributed by atoms with Gasteiger partial charge in [-0.25, -0.2) is 9.78 Å². The molecule has 30 heavy (non-hydrogen) atoms. The van der Waals surface area contributed by atoms with Crippen molar-refractivity contribution in [2.24, 2.45) is 0 Å². The summed E-state index contributed by atoms with van der Waals surface area (Å²) in [6.07, 6.45) is 0. The summed E-state index contributed by atoms with van der Waals surface area (Å²) in [4.78, 5) is 30.8. The Labute approximate surface area is 180 Å². The van der Waals surface area contributed by atoms with Crippen LogP contribution in [-0.4, -0.2) is 41.5 Å². The van der Waals surface area contributed by atoms with Crippen molar-refractivity contribution in [3.8, 4) is 11.3 Å². The van der Waals surface area contributed by atoms with E-state index in [0.717, 1.165) is 24.3 Å². The molecule has 156 valence electrons. The maximum Gasteiger partial charge on any atom is 0.338 e. The molecule has 1 N–H and O–H groups in total. The van der Waals surface area contributed by atoms with E-state index in [4.69, 9.17) is 4.74 Å². The van der Waals surface area contributed by atoms with Gasteiger partial charge in [-0.05, 0) is 31.2 Å². The number of thiazole rings is 1. The fourth-order valence-corrected chi connectivity index (χ4v) is 3.67. The first kappa shape index (κ1) is 21.7. The third-order valence-electron chi connectivity index (χ3n) is 4.51. The second kappa shape index (κ2) is 10.7. The average Bonchev–Trinajstić information content (AvgIpc) is 3.22.